The first-order valence-corrected chi connectivity index (χ1v) is 5.67. The van der Waals surface area contributed by atoms with Crippen LogP contribution in [0.5, 0.6) is 0 Å². The molecule has 0 bridgehead atoms. The van der Waals surface area contributed by atoms with Gasteiger partial charge >= 0.3 is 0 Å². The molecule has 0 aliphatic heterocycles. The number of benzene rings is 1. The molecule has 0 fully saturated rings. The first-order chi connectivity index (χ1) is 9.08. The van der Waals surface area contributed by atoms with Gasteiger partial charge in [0.2, 0.25) is 0 Å². The first kappa shape index (κ1) is 12.7. The smallest absolute Gasteiger partial charge is 0.256 e. The van der Waals surface area contributed by atoms with Crippen LogP contribution in [0.3, 0.4) is 0 Å². The summed E-state index contributed by atoms with van der Waals surface area (Å²) in [6.07, 6.45) is 1.40. The van der Waals surface area contributed by atoms with Gasteiger partial charge in [0, 0.05) is 12.7 Å². The lowest BCUT2D eigenvalue weighted by atomic mass is 10.1. The zero-order chi connectivity index (χ0) is 14.0. The second kappa shape index (κ2) is 4.85. The molecule has 2 rings (SSSR count). The number of likely N-dealkylation sites (N-methyl/N-ethyl adjacent to an activating group) is 1. The lowest BCUT2D eigenvalue weighted by molar-refractivity contribution is -0.115. The minimum absolute atomic E-state index is 0.244. The largest absolute Gasteiger partial charge is 0.398 e. The zero-order valence-electron chi connectivity index (χ0n) is 10.5. The molecule has 6 N–H and O–H groups in total. The average Bonchev–Trinajstić information content (AvgIpc) is 2.83. The number of aromatic amines is 1. The fourth-order valence-corrected chi connectivity index (χ4v) is 1.78. The highest BCUT2D eigenvalue weighted by Gasteiger charge is 2.18. The van der Waals surface area contributed by atoms with Gasteiger partial charge in [-0.2, -0.15) is 0 Å². The Kier molecular flexibility index (Phi) is 3.24. The Bertz CT molecular complexity index is 683. The number of fused-ring (bicyclic) bond motifs is 1. The van der Waals surface area contributed by atoms with E-state index in [4.69, 9.17) is 11.5 Å². The topological polar surface area (TPSA) is 110 Å². The van der Waals surface area contributed by atoms with Crippen molar-refractivity contribution in [2.45, 2.75) is 0 Å². The first-order valence-electron chi connectivity index (χ1n) is 5.67. The number of amides is 1. The molecule has 1 amide bonds. The highest BCUT2D eigenvalue weighted by molar-refractivity contribution is 6.20. The van der Waals surface area contributed by atoms with Gasteiger partial charge in [-0.05, 0) is 18.2 Å². The van der Waals surface area contributed by atoms with E-state index in [9.17, 15) is 4.79 Å². The van der Waals surface area contributed by atoms with Crippen LogP contribution >= 0.6 is 0 Å². The van der Waals surface area contributed by atoms with E-state index in [1.807, 2.05) is 6.07 Å². The Morgan fingerprint density at radius 2 is 2.26 bits per heavy atom. The Labute approximate surface area is 110 Å². The van der Waals surface area contributed by atoms with E-state index < -0.39 is 0 Å². The molecule has 1 aromatic heterocycles. The monoisotopic (exact) mass is 257 g/mol. The molecule has 0 radical (unpaired) electrons. The van der Waals surface area contributed by atoms with Gasteiger partial charge < -0.3 is 21.8 Å². The van der Waals surface area contributed by atoms with Crippen molar-refractivity contribution in [3.63, 3.8) is 0 Å². The van der Waals surface area contributed by atoms with Crippen molar-refractivity contribution in [2.75, 3.05) is 12.8 Å². The molecular formula is C13H15N5O. The number of nitrogens with two attached hydrogens (primary N) is 2. The number of imidazole rings is 1. The van der Waals surface area contributed by atoms with Crippen LogP contribution < -0.4 is 16.8 Å². The molecule has 0 spiro atoms. The molecule has 6 heteroatoms. The number of carbonyl (C=O) groups excluding carboxylic acids is 1. The molecule has 0 atom stereocenters. The molecule has 0 saturated heterocycles. The maximum Gasteiger partial charge on any atom is 0.256 e. The van der Waals surface area contributed by atoms with Crippen LogP contribution in [0.1, 0.15) is 5.82 Å². The number of aromatic nitrogens is 2. The second-order valence-electron chi connectivity index (χ2n) is 3.94. The van der Waals surface area contributed by atoms with E-state index in [2.05, 4.69) is 21.9 Å². The van der Waals surface area contributed by atoms with E-state index in [0.29, 0.717) is 17.0 Å². The number of carbonyl (C=O) groups is 1. The van der Waals surface area contributed by atoms with Crippen molar-refractivity contribution < 1.29 is 4.79 Å². The Morgan fingerprint density at radius 3 is 2.84 bits per heavy atom. The fraction of sp³-hybridized carbons (Fsp3) is 0.0769. The molecule has 2 aromatic rings. The minimum Gasteiger partial charge on any atom is -0.398 e. The molecule has 0 aliphatic rings. The number of para-hydroxylation sites is 1. The van der Waals surface area contributed by atoms with Crippen LogP contribution in [0, 0.1) is 0 Å². The number of hydrogen-bond acceptors (Lipinski definition) is 4. The average molecular weight is 257 g/mol. The summed E-state index contributed by atoms with van der Waals surface area (Å²) in [6.45, 7) is 3.57. The molecule has 1 aromatic carbocycles. The number of rotatable bonds is 3. The summed E-state index contributed by atoms with van der Waals surface area (Å²) in [5.74, 6) is 0.0275. The van der Waals surface area contributed by atoms with Crippen LogP contribution in [0.2, 0.25) is 0 Å². The SMILES string of the molecule is C=C/C(N)=C(\C(=O)NC)c1nc2c(N)cccc2[nH]1. The van der Waals surface area contributed by atoms with Crippen molar-refractivity contribution in [2.24, 2.45) is 5.73 Å². The van der Waals surface area contributed by atoms with Gasteiger partial charge in [0.25, 0.3) is 5.91 Å². The Morgan fingerprint density at radius 1 is 1.53 bits per heavy atom. The van der Waals surface area contributed by atoms with E-state index in [1.54, 1.807) is 12.1 Å². The van der Waals surface area contributed by atoms with Crippen LogP contribution in [-0.2, 0) is 4.79 Å². The fourth-order valence-electron chi connectivity index (χ4n) is 1.78. The van der Waals surface area contributed by atoms with Crippen molar-refractivity contribution in [1.82, 2.24) is 15.3 Å². The number of nitrogens with zero attached hydrogens (tertiary/aromatic N) is 1. The summed E-state index contributed by atoms with van der Waals surface area (Å²) < 4.78 is 0. The second-order valence-corrected chi connectivity index (χ2v) is 3.94. The number of H-pyrrole nitrogens is 1. The standard InChI is InChI=1S/C13H15N5O/c1-3-7(14)10(13(19)16-2)12-17-9-6-4-5-8(15)11(9)18-12/h3-6H,1,14-15H2,2H3,(H,16,19)(H,17,18)/b10-7+. The molecule has 0 unspecified atom stereocenters. The number of nitrogens with one attached hydrogen (secondary N) is 2. The summed E-state index contributed by atoms with van der Waals surface area (Å²) in [5, 5.41) is 2.52. The number of anilines is 1. The predicted molar refractivity (Wildman–Crippen MR) is 75.9 cm³/mol. The van der Waals surface area contributed by atoms with Crippen molar-refractivity contribution in [1.29, 1.82) is 0 Å². The van der Waals surface area contributed by atoms with Crippen LogP contribution in [0.25, 0.3) is 16.6 Å². The van der Waals surface area contributed by atoms with Crippen molar-refractivity contribution in [3.8, 4) is 0 Å². The summed E-state index contributed by atoms with van der Waals surface area (Å²) >= 11 is 0. The number of hydrogen-bond donors (Lipinski definition) is 4. The van der Waals surface area contributed by atoms with Gasteiger partial charge in [0.15, 0.2) is 0 Å². The highest BCUT2D eigenvalue weighted by atomic mass is 16.1. The van der Waals surface area contributed by atoms with Crippen LogP contribution in [-0.4, -0.2) is 22.9 Å². The summed E-state index contributed by atoms with van der Waals surface area (Å²) in [7, 11) is 1.52. The van der Waals surface area contributed by atoms with E-state index in [1.165, 1.54) is 13.1 Å². The van der Waals surface area contributed by atoms with E-state index in [-0.39, 0.29) is 17.2 Å². The van der Waals surface area contributed by atoms with Gasteiger partial charge in [-0.25, -0.2) is 4.98 Å². The quantitative estimate of drug-likeness (QED) is 0.369. The van der Waals surface area contributed by atoms with Crippen molar-refractivity contribution >= 4 is 28.2 Å². The number of nitrogen functional groups attached to an aromatic ring is 1. The lowest BCUT2D eigenvalue weighted by Gasteiger charge is -2.05. The van der Waals surface area contributed by atoms with Gasteiger partial charge in [0.05, 0.1) is 11.2 Å². The molecular weight excluding hydrogens is 242 g/mol. The summed E-state index contributed by atoms with van der Waals surface area (Å²) in [6, 6.07) is 5.38. The maximum absolute atomic E-state index is 11.9. The van der Waals surface area contributed by atoms with E-state index in [0.717, 1.165) is 5.52 Å². The molecule has 1 heterocycles. The number of allylic oxidation sites excluding steroid dienone is 1. The third-order valence-electron chi connectivity index (χ3n) is 2.74. The van der Waals surface area contributed by atoms with Crippen molar-refractivity contribution in [3.05, 3.63) is 42.4 Å². The zero-order valence-corrected chi connectivity index (χ0v) is 10.5. The predicted octanol–water partition coefficient (Wildman–Crippen LogP) is 0.747. The van der Waals surface area contributed by atoms with Crippen LogP contribution in [0.4, 0.5) is 5.69 Å². The third-order valence-corrected chi connectivity index (χ3v) is 2.74. The summed E-state index contributed by atoms with van der Waals surface area (Å²) in [4.78, 5) is 19.2. The lowest BCUT2D eigenvalue weighted by Crippen LogP contribution is -2.22. The molecule has 19 heavy (non-hydrogen) atoms. The highest BCUT2D eigenvalue weighted by Crippen LogP contribution is 2.22. The van der Waals surface area contributed by atoms with Crippen LogP contribution in [0.15, 0.2) is 36.6 Å². The molecule has 98 valence electrons. The minimum atomic E-state index is -0.338. The summed E-state index contributed by atoms with van der Waals surface area (Å²) in [5.41, 5.74) is 14.0. The third kappa shape index (κ3) is 2.15. The molecule has 0 aliphatic carbocycles. The Hall–Kier alpha value is -2.76. The van der Waals surface area contributed by atoms with Gasteiger partial charge in [0.1, 0.15) is 16.9 Å². The van der Waals surface area contributed by atoms with Gasteiger partial charge in [-0.3, -0.25) is 4.79 Å². The molecule has 0 saturated carbocycles. The Balaban J connectivity index is 2.67. The van der Waals surface area contributed by atoms with E-state index >= 15 is 0 Å². The van der Waals surface area contributed by atoms with Gasteiger partial charge in [-0.1, -0.05) is 12.6 Å². The normalized spacial score (nSPS) is 12.1. The van der Waals surface area contributed by atoms with Gasteiger partial charge in [-0.15, -0.1) is 0 Å². The maximum atomic E-state index is 11.9. The molecule has 6 nitrogen and oxygen atoms in total.